The molecule has 1 saturated carbocycles. The third kappa shape index (κ3) is 3.67. The van der Waals surface area contributed by atoms with Gasteiger partial charge in [0.15, 0.2) is 0 Å². The van der Waals surface area contributed by atoms with Crippen LogP contribution in [0.1, 0.15) is 42.5 Å². The van der Waals surface area contributed by atoms with Gasteiger partial charge >= 0.3 is 0 Å². The van der Waals surface area contributed by atoms with Crippen LogP contribution in [-0.4, -0.2) is 22.9 Å². The lowest BCUT2D eigenvalue weighted by Gasteiger charge is -2.35. The van der Waals surface area contributed by atoms with Crippen molar-refractivity contribution in [1.29, 1.82) is 0 Å². The molecule has 5 heteroatoms. The van der Waals surface area contributed by atoms with Crippen LogP contribution in [0.2, 0.25) is 5.02 Å². The maximum absolute atomic E-state index is 12.2. The summed E-state index contributed by atoms with van der Waals surface area (Å²) in [5.74, 6) is -0.177. The van der Waals surface area contributed by atoms with Crippen molar-refractivity contribution < 1.29 is 9.90 Å². The third-order valence-electron chi connectivity index (χ3n) is 4.02. The van der Waals surface area contributed by atoms with Gasteiger partial charge in [-0.25, -0.2) is 0 Å². The summed E-state index contributed by atoms with van der Waals surface area (Å²) in [5, 5.41) is 13.7. The van der Waals surface area contributed by atoms with E-state index in [-0.39, 0.29) is 17.1 Å². The fourth-order valence-electron chi connectivity index (χ4n) is 2.71. The molecule has 1 fully saturated rings. The van der Waals surface area contributed by atoms with E-state index in [0.717, 1.165) is 18.2 Å². The molecular weight excluding hydrogens is 342 g/mol. The van der Waals surface area contributed by atoms with Crippen LogP contribution < -0.4 is 5.32 Å². The molecule has 0 heterocycles. The molecule has 1 aromatic carbocycles. The van der Waals surface area contributed by atoms with Crippen LogP contribution in [0.4, 0.5) is 0 Å². The Morgan fingerprint density at radius 2 is 2.05 bits per heavy atom. The highest BCUT2D eigenvalue weighted by molar-refractivity contribution is 9.09. The number of alkyl halides is 1. The molecule has 0 aliphatic heterocycles. The van der Waals surface area contributed by atoms with E-state index in [2.05, 4.69) is 21.2 Å². The summed E-state index contributed by atoms with van der Waals surface area (Å²) in [6, 6.07) is 4.41. The number of aromatic hydroxyl groups is 1. The van der Waals surface area contributed by atoms with Gasteiger partial charge in [-0.15, -0.1) is 0 Å². The monoisotopic (exact) mass is 359 g/mol. The van der Waals surface area contributed by atoms with Crippen LogP contribution >= 0.6 is 27.5 Å². The Bertz CT molecular complexity index is 487. The Morgan fingerprint density at radius 1 is 1.35 bits per heavy atom. The molecule has 3 nitrogen and oxygen atoms in total. The number of nitrogens with one attached hydrogen (secondary N) is 1. The number of hydrogen-bond acceptors (Lipinski definition) is 2. The molecule has 0 bridgehead atoms. The van der Waals surface area contributed by atoms with Crippen molar-refractivity contribution in [3.05, 3.63) is 28.8 Å². The van der Waals surface area contributed by atoms with Crippen molar-refractivity contribution in [2.24, 2.45) is 5.41 Å². The Balaban J connectivity index is 2.02. The van der Waals surface area contributed by atoms with E-state index in [4.69, 9.17) is 11.6 Å². The zero-order valence-corrected chi connectivity index (χ0v) is 13.6. The average molecular weight is 361 g/mol. The third-order valence-corrected chi connectivity index (χ3v) is 5.54. The first-order chi connectivity index (χ1) is 9.56. The smallest absolute Gasteiger partial charge is 0.252 e. The topological polar surface area (TPSA) is 49.3 Å². The van der Waals surface area contributed by atoms with Gasteiger partial charge in [0, 0.05) is 11.9 Å². The molecule has 20 heavy (non-hydrogen) atoms. The summed E-state index contributed by atoms with van der Waals surface area (Å²) in [5.41, 5.74) is 0.476. The van der Waals surface area contributed by atoms with E-state index in [9.17, 15) is 9.90 Å². The molecule has 0 atom stereocenters. The minimum Gasteiger partial charge on any atom is -0.508 e. The fraction of sp³-hybridized carbons (Fsp3) is 0.533. The predicted octanol–water partition coefficient (Wildman–Crippen LogP) is 4.12. The Morgan fingerprint density at radius 3 is 2.70 bits per heavy atom. The largest absolute Gasteiger partial charge is 0.508 e. The SMILES string of the molecule is O=C(NCC1(CBr)CCCCC1)c1cc(O)ccc1Cl. The lowest BCUT2D eigenvalue weighted by molar-refractivity contribution is 0.0921. The van der Waals surface area contributed by atoms with Crippen molar-refractivity contribution >= 4 is 33.4 Å². The van der Waals surface area contributed by atoms with Crippen molar-refractivity contribution in [2.45, 2.75) is 32.1 Å². The van der Waals surface area contributed by atoms with Crippen LogP contribution in [0.3, 0.4) is 0 Å². The van der Waals surface area contributed by atoms with E-state index in [1.807, 2.05) is 0 Å². The number of carbonyl (C=O) groups excluding carboxylic acids is 1. The molecule has 1 aliphatic rings. The average Bonchev–Trinajstić information content (AvgIpc) is 2.48. The predicted molar refractivity (Wildman–Crippen MR) is 84.8 cm³/mol. The molecule has 110 valence electrons. The van der Waals surface area contributed by atoms with Gasteiger partial charge in [0.1, 0.15) is 5.75 Å². The van der Waals surface area contributed by atoms with Gasteiger partial charge in [0.05, 0.1) is 10.6 Å². The minimum absolute atomic E-state index is 0.0485. The summed E-state index contributed by atoms with van der Waals surface area (Å²) in [4.78, 5) is 12.2. The summed E-state index contributed by atoms with van der Waals surface area (Å²) < 4.78 is 0. The van der Waals surface area contributed by atoms with Gasteiger partial charge < -0.3 is 10.4 Å². The number of phenolic OH excluding ortho intramolecular Hbond substituents is 1. The summed E-state index contributed by atoms with van der Waals surface area (Å²) in [7, 11) is 0. The van der Waals surface area contributed by atoms with E-state index < -0.39 is 0 Å². The summed E-state index contributed by atoms with van der Waals surface area (Å²) >= 11 is 9.58. The number of phenols is 1. The Labute approximate surface area is 132 Å². The van der Waals surface area contributed by atoms with E-state index in [1.54, 1.807) is 0 Å². The lowest BCUT2D eigenvalue weighted by atomic mass is 9.75. The highest BCUT2D eigenvalue weighted by Gasteiger charge is 2.31. The van der Waals surface area contributed by atoms with Gasteiger partial charge in [-0.2, -0.15) is 0 Å². The van der Waals surface area contributed by atoms with Crippen molar-refractivity contribution in [3.63, 3.8) is 0 Å². The molecule has 2 rings (SSSR count). The summed E-state index contributed by atoms with van der Waals surface area (Å²) in [6.45, 7) is 0.642. The second-order valence-electron chi connectivity index (χ2n) is 5.54. The molecule has 1 amide bonds. The number of carbonyl (C=O) groups is 1. The van der Waals surface area contributed by atoms with Crippen LogP contribution in [0.25, 0.3) is 0 Å². The normalized spacial score (nSPS) is 17.7. The van der Waals surface area contributed by atoms with Gasteiger partial charge in [-0.05, 0) is 36.5 Å². The number of benzene rings is 1. The standard InChI is InChI=1S/C15H19BrClNO2/c16-9-15(6-2-1-3-7-15)10-18-14(20)12-8-11(19)4-5-13(12)17/h4-5,8,19H,1-3,6-7,9-10H2,(H,18,20). The number of amides is 1. The van der Waals surface area contributed by atoms with E-state index in [0.29, 0.717) is 17.1 Å². The zero-order valence-electron chi connectivity index (χ0n) is 11.3. The quantitative estimate of drug-likeness (QED) is 0.794. The fourth-order valence-corrected chi connectivity index (χ4v) is 3.67. The molecule has 0 spiro atoms. The van der Waals surface area contributed by atoms with Crippen LogP contribution in [0.5, 0.6) is 5.75 Å². The number of rotatable bonds is 4. The lowest BCUT2D eigenvalue weighted by Crippen LogP contribution is -2.40. The maximum Gasteiger partial charge on any atom is 0.252 e. The first-order valence-electron chi connectivity index (χ1n) is 6.89. The Kier molecular flexibility index (Phi) is 5.33. The number of halogens is 2. The van der Waals surface area contributed by atoms with Gasteiger partial charge in [0.2, 0.25) is 0 Å². The molecule has 1 aromatic rings. The molecule has 0 saturated heterocycles. The molecular formula is C15H19BrClNO2. The first kappa shape index (κ1) is 15.6. The van der Waals surface area contributed by atoms with Crippen molar-refractivity contribution in [2.75, 3.05) is 11.9 Å². The van der Waals surface area contributed by atoms with E-state index in [1.165, 1.54) is 37.5 Å². The van der Waals surface area contributed by atoms with E-state index >= 15 is 0 Å². The Hall–Kier alpha value is -0.740. The first-order valence-corrected chi connectivity index (χ1v) is 8.39. The molecule has 0 unspecified atom stereocenters. The maximum atomic E-state index is 12.2. The highest BCUT2D eigenvalue weighted by Crippen LogP contribution is 2.37. The number of hydrogen-bond donors (Lipinski definition) is 2. The van der Waals surface area contributed by atoms with Crippen LogP contribution in [0.15, 0.2) is 18.2 Å². The molecule has 1 aliphatic carbocycles. The second-order valence-corrected chi connectivity index (χ2v) is 6.51. The van der Waals surface area contributed by atoms with Crippen molar-refractivity contribution in [3.8, 4) is 5.75 Å². The highest BCUT2D eigenvalue weighted by atomic mass is 79.9. The molecule has 0 aromatic heterocycles. The van der Waals surface area contributed by atoms with Gasteiger partial charge in [0.25, 0.3) is 5.91 Å². The van der Waals surface area contributed by atoms with Crippen LogP contribution in [0, 0.1) is 5.41 Å². The van der Waals surface area contributed by atoms with Gasteiger partial charge in [-0.3, -0.25) is 4.79 Å². The molecule has 2 N–H and O–H groups in total. The second kappa shape index (κ2) is 6.81. The zero-order chi connectivity index (χ0) is 14.6. The molecule has 0 radical (unpaired) electrons. The van der Waals surface area contributed by atoms with Crippen molar-refractivity contribution in [1.82, 2.24) is 5.32 Å². The minimum atomic E-state index is -0.225. The van der Waals surface area contributed by atoms with Crippen LogP contribution in [-0.2, 0) is 0 Å². The summed E-state index contributed by atoms with van der Waals surface area (Å²) in [6.07, 6.45) is 5.97. The van der Waals surface area contributed by atoms with Gasteiger partial charge in [-0.1, -0.05) is 46.8 Å².